The number of carbonyl (C=O) groups is 2. The van der Waals surface area contributed by atoms with Gasteiger partial charge in [-0.25, -0.2) is 9.18 Å². The zero-order chi connectivity index (χ0) is 10.7. The van der Waals surface area contributed by atoms with Gasteiger partial charge >= 0.3 is 5.97 Å². The van der Waals surface area contributed by atoms with Crippen molar-refractivity contribution >= 4 is 23.4 Å². The molecule has 1 aromatic carbocycles. The average molecular weight is 217 g/mol. The van der Waals surface area contributed by atoms with Gasteiger partial charge in [0.15, 0.2) is 0 Å². The Labute approximate surface area is 84.1 Å². The maximum Gasteiger partial charge on any atom is 0.372 e. The van der Waals surface area contributed by atoms with Crippen molar-refractivity contribution in [2.24, 2.45) is 0 Å². The van der Waals surface area contributed by atoms with Gasteiger partial charge in [0, 0.05) is 6.42 Å². The number of hydrogen-bond donors (Lipinski definition) is 1. The van der Waals surface area contributed by atoms with E-state index in [-0.39, 0.29) is 10.6 Å². The van der Waals surface area contributed by atoms with E-state index in [4.69, 9.17) is 16.7 Å². The number of rotatable bonds is 3. The maximum atomic E-state index is 12.8. The highest BCUT2D eigenvalue weighted by Crippen LogP contribution is 2.20. The zero-order valence-electron chi connectivity index (χ0n) is 6.96. The van der Waals surface area contributed by atoms with Crippen LogP contribution in [-0.2, 0) is 16.0 Å². The van der Waals surface area contributed by atoms with E-state index in [1.807, 2.05) is 0 Å². The number of ketones is 1. The van der Waals surface area contributed by atoms with Crippen molar-refractivity contribution in [3.63, 3.8) is 0 Å². The summed E-state index contributed by atoms with van der Waals surface area (Å²) in [6.07, 6.45) is -0.397. The van der Waals surface area contributed by atoms with E-state index >= 15 is 0 Å². The summed E-state index contributed by atoms with van der Waals surface area (Å²) in [6.45, 7) is 0. The predicted molar refractivity (Wildman–Crippen MR) is 47.8 cm³/mol. The van der Waals surface area contributed by atoms with Crippen molar-refractivity contribution in [2.45, 2.75) is 6.42 Å². The van der Waals surface area contributed by atoms with Crippen LogP contribution in [0.4, 0.5) is 4.39 Å². The fourth-order valence-electron chi connectivity index (χ4n) is 0.934. The number of benzene rings is 1. The second kappa shape index (κ2) is 4.19. The summed E-state index contributed by atoms with van der Waals surface area (Å²) in [5.74, 6) is -3.23. The molecule has 0 aliphatic carbocycles. The molecule has 5 heteroatoms. The Balaban J connectivity index is 2.93. The van der Waals surface area contributed by atoms with E-state index in [1.165, 1.54) is 12.1 Å². The van der Waals surface area contributed by atoms with Crippen LogP contribution in [0, 0.1) is 5.82 Å². The van der Waals surface area contributed by atoms with E-state index in [1.54, 1.807) is 0 Å². The van der Waals surface area contributed by atoms with Crippen molar-refractivity contribution in [3.05, 3.63) is 34.6 Å². The van der Waals surface area contributed by atoms with Gasteiger partial charge in [-0.3, -0.25) is 4.79 Å². The lowest BCUT2D eigenvalue weighted by atomic mass is 10.1. The number of carboxylic acid groups (broad SMARTS) is 1. The fourth-order valence-corrected chi connectivity index (χ4v) is 1.13. The van der Waals surface area contributed by atoms with Crippen molar-refractivity contribution in [2.75, 3.05) is 0 Å². The van der Waals surface area contributed by atoms with Crippen LogP contribution < -0.4 is 0 Å². The third kappa shape index (κ3) is 2.29. The van der Waals surface area contributed by atoms with Crippen LogP contribution in [0.3, 0.4) is 0 Å². The van der Waals surface area contributed by atoms with E-state index in [9.17, 15) is 14.0 Å². The van der Waals surface area contributed by atoms with Crippen LogP contribution in [-0.4, -0.2) is 16.9 Å². The minimum Gasteiger partial charge on any atom is -0.475 e. The first-order chi connectivity index (χ1) is 6.52. The Bertz CT molecular complexity index is 390. The smallest absolute Gasteiger partial charge is 0.372 e. The molecule has 1 aromatic rings. The number of hydrogen-bond acceptors (Lipinski definition) is 2. The fraction of sp³-hybridized carbons (Fsp3) is 0.111. The largest absolute Gasteiger partial charge is 0.475 e. The minimum atomic E-state index is -1.55. The van der Waals surface area contributed by atoms with Crippen LogP contribution in [0.2, 0.25) is 5.02 Å². The van der Waals surface area contributed by atoms with Crippen LogP contribution in [0.15, 0.2) is 18.2 Å². The molecule has 0 bridgehead atoms. The Hall–Kier alpha value is -1.42. The Morgan fingerprint density at radius 1 is 1.43 bits per heavy atom. The molecule has 0 radical (unpaired) electrons. The first-order valence-corrected chi connectivity index (χ1v) is 4.09. The molecule has 0 spiro atoms. The summed E-state index contributed by atoms with van der Waals surface area (Å²) >= 11 is 5.52. The molecule has 0 unspecified atom stereocenters. The van der Waals surface area contributed by atoms with Gasteiger partial charge in [-0.1, -0.05) is 23.7 Å². The second-order valence-corrected chi connectivity index (χ2v) is 3.00. The van der Waals surface area contributed by atoms with Crippen molar-refractivity contribution in [3.8, 4) is 0 Å². The van der Waals surface area contributed by atoms with Gasteiger partial charge in [0.2, 0.25) is 5.78 Å². The third-order valence-electron chi connectivity index (χ3n) is 1.62. The van der Waals surface area contributed by atoms with Crippen LogP contribution >= 0.6 is 11.6 Å². The molecular formula is C9H6ClFO3. The summed E-state index contributed by atoms with van der Waals surface area (Å²) in [4.78, 5) is 21.0. The standard InChI is InChI=1S/C9H6ClFO3/c10-8-5(2-1-3-6(8)11)4-7(12)9(13)14/h1-3H,4H2,(H,13,14). The number of Topliss-reactive ketones (excluding diaryl/α,β-unsaturated/α-hetero) is 1. The monoisotopic (exact) mass is 216 g/mol. The molecule has 0 saturated carbocycles. The van der Waals surface area contributed by atoms with E-state index in [0.29, 0.717) is 0 Å². The molecule has 74 valence electrons. The normalized spacial score (nSPS) is 9.86. The van der Waals surface area contributed by atoms with Gasteiger partial charge in [0.25, 0.3) is 0 Å². The van der Waals surface area contributed by atoms with Gasteiger partial charge in [-0.2, -0.15) is 0 Å². The molecule has 0 amide bonds. The molecule has 0 aliphatic rings. The summed E-state index contributed by atoms with van der Waals surface area (Å²) in [5.41, 5.74) is 0.180. The van der Waals surface area contributed by atoms with Gasteiger partial charge in [0.05, 0.1) is 5.02 Å². The Morgan fingerprint density at radius 3 is 2.64 bits per heavy atom. The molecular weight excluding hydrogens is 211 g/mol. The molecule has 0 heterocycles. The molecule has 0 fully saturated rings. The SMILES string of the molecule is O=C(O)C(=O)Cc1cccc(F)c1Cl. The average Bonchev–Trinajstić information content (AvgIpc) is 2.12. The molecule has 14 heavy (non-hydrogen) atoms. The van der Waals surface area contributed by atoms with Crippen LogP contribution in [0.25, 0.3) is 0 Å². The number of halogens is 2. The van der Waals surface area contributed by atoms with Crippen molar-refractivity contribution < 1.29 is 19.1 Å². The third-order valence-corrected chi connectivity index (χ3v) is 2.04. The van der Waals surface area contributed by atoms with Gasteiger partial charge < -0.3 is 5.11 Å². The van der Waals surface area contributed by atoms with E-state index in [0.717, 1.165) is 6.07 Å². The molecule has 1 rings (SSSR count). The molecule has 0 aliphatic heterocycles. The first kappa shape index (κ1) is 10.7. The highest BCUT2D eigenvalue weighted by atomic mass is 35.5. The lowest BCUT2D eigenvalue weighted by molar-refractivity contribution is -0.148. The highest BCUT2D eigenvalue weighted by Gasteiger charge is 2.15. The molecule has 3 nitrogen and oxygen atoms in total. The van der Waals surface area contributed by atoms with Crippen LogP contribution in [0.5, 0.6) is 0 Å². The minimum absolute atomic E-state index is 0.180. The summed E-state index contributed by atoms with van der Waals surface area (Å²) in [7, 11) is 0. The van der Waals surface area contributed by atoms with Gasteiger partial charge in [-0.15, -0.1) is 0 Å². The number of aliphatic carboxylic acids is 1. The topological polar surface area (TPSA) is 54.4 Å². The van der Waals surface area contributed by atoms with E-state index in [2.05, 4.69) is 0 Å². The summed E-state index contributed by atoms with van der Waals surface area (Å²) in [6, 6.07) is 3.91. The molecule has 1 N–H and O–H groups in total. The lowest BCUT2D eigenvalue weighted by Crippen LogP contribution is -2.15. The highest BCUT2D eigenvalue weighted by molar-refractivity contribution is 6.35. The van der Waals surface area contributed by atoms with Gasteiger partial charge in [-0.05, 0) is 11.6 Å². The summed E-state index contributed by atoms with van der Waals surface area (Å²) < 4.78 is 12.8. The van der Waals surface area contributed by atoms with E-state index < -0.39 is 24.0 Å². The molecule has 0 aromatic heterocycles. The number of carboxylic acids is 1. The second-order valence-electron chi connectivity index (χ2n) is 2.62. The van der Waals surface area contributed by atoms with Gasteiger partial charge in [0.1, 0.15) is 5.82 Å². The van der Waals surface area contributed by atoms with Crippen molar-refractivity contribution in [1.82, 2.24) is 0 Å². The lowest BCUT2D eigenvalue weighted by Gasteiger charge is -2.01. The van der Waals surface area contributed by atoms with Crippen molar-refractivity contribution in [1.29, 1.82) is 0 Å². The Morgan fingerprint density at radius 2 is 2.07 bits per heavy atom. The summed E-state index contributed by atoms with van der Waals surface area (Å²) in [5, 5.41) is 8.11. The quantitative estimate of drug-likeness (QED) is 0.782. The number of carbonyl (C=O) groups excluding carboxylic acids is 1. The molecule has 0 saturated heterocycles. The zero-order valence-corrected chi connectivity index (χ0v) is 7.71. The van der Waals surface area contributed by atoms with Crippen LogP contribution in [0.1, 0.15) is 5.56 Å². The maximum absolute atomic E-state index is 12.8. The Kier molecular flexibility index (Phi) is 3.19. The predicted octanol–water partition coefficient (Wildman–Crippen LogP) is 1.68. The molecule has 0 atom stereocenters. The first-order valence-electron chi connectivity index (χ1n) is 3.71.